The minimum Gasteiger partial charge on any atom is -0.461 e. The van der Waals surface area contributed by atoms with Gasteiger partial charge in [0, 0.05) is 10.2 Å². The number of carbonyl (C=O) groups is 2. The third kappa shape index (κ3) is 6.81. The molecule has 0 radical (unpaired) electrons. The standard InChI is InChI=1S/C30H38BrN5O5S/c1-18(2)24-15-10-19(3)16-27(24)41-28(37)17-35(29-20(4)36(32)21(5)33-29)42(39,40)23-13-11-22(12-14-23)34-30(38)25-8-6-7-9-26(25)31/h6-9,11-14,18-19,24,27H,10,15-17,32H2,1-5H3,(H,34,38)/t19-,24-,27-/m1/s1. The van der Waals surface area contributed by atoms with Crippen molar-refractivity contribution in [2.75, 3.05) is 22.0 Å². The molecule has 1 aromatic heterocycles. The molecule has 1 aliphatic rings. The van der Waals surface area contributed by atoms with Gasteiger partial charge in [-0.15, -0.1) is 0 Å². The smallest absolute Gasteiger partial charge is 0.327 e. The second kappa shape index (κ2) is 12.9. The Kier molecular flexibility index (Phi) is 9.67. The van der Waals surface area contributed by atoms with Crippen LogP contribution < -0.4 is 15.5 Å². The number of imidazole rings is 1. The van der Waals surface area contributed by atoms with Crippen molar-refractivity contribution in [1.82, 2.24) is 9.66 Å². The zero-order chi connectivity index (χ0) is 30.8. The number of anilines is 2. The highest BCUT2D eigenvalue weighted by Crippen LogP contribution is 2.36. The third-order valence-electron chi connectivity index (χ3n) is 7.87. The molecule has 1 fully saturated rings. The Morgan fingerprint density at radius 1 is 1.14 bits per heavy atom. The van der Waals surface area contributed by atoms with Crippen LogP contribution in [0.4, 0.5) is 11.5 Å². The molecule has 1 aliphatic carbocycles. The molecule has 10 nitrogen and oxygen atoms in total. The first-order valence-corrected chi connectivity index (χ1v) is 16.2. The number of benzene rings is 2. The quantitative estimate of drug-likeness (QED) is 0.231. The van der Waals surface area contributed by atoms with Gasteiger partial charge in [-0.2, -0.15) is 0 Å². The lowest BCUT2D eigenvalue weighted by Crippen LogP contribution is -2.41. The molecule has 0 bridgehead atoms. The minimum atomic E-state index is -4.28. The summed E-state index contributed by atoms with van der Waals surface area (Å²) in [6.07, 6.45) is 2.49. The van der Waals surface area contributed by atoms with Crippen LogP contribution in [0.1, 0.15) is 61.9 Å². The predicted molar refractivity (Wildman–Crippen MR) is 166 cm³/mol. The number of amides is 1. The van der Waals surface area contributed by atoms with E-state index >= 15 is 0 Å². The van der Waals surface area contributed by atoms with Gasteiger partial charge in [-0.3, -0.25) is 9.59 Å². The molecule has 0 unspecified atom stereocenters. The van der Waals surface area contributed by atoms with Crippen molar-refractivity contribution >= 4 is 49.3 Å². The number of rotatable bonds is 9. The van der Waals surface area contributed by atoms with Gasteiger partial charge in [0.25, 0.3) is 15.9 Å². The van der Waals surface area contributed by atoms with E-state index in [-0.39, 0.29) is 28.6 Å². The van der Waals surface area contributed by atoms with Crippen molar-refractivity contribution in [1.29, 1.82) is 0 Å². The lowest BCUT2D eigenvalue weighted by Gasteiger charge is -2.37. The summed E-state index contributed by atoms with van der Waals surface area (Å²) in [5.41, 5.74) is 1.23. The predicted octanol–water partition coefficient (Wildman–Crippen LogP) is 5.43. The molecule has 3 atom stereocenters. The van der Waals surface area contributed by atoms with Crippen LogP contribution in [0.25, 0.3) is 0 Å². The second-order valence-corrected chi connectivity index (χ2v) is 14.0. The van der Waals surface area contributed by atoms with Crippen molar-refractivity contribution in [2.24, 2.45) is 17.8 Å². The van der Waals surface area contributed by atoms with Gasteiger partial charge in [-0.05, 0) is 96.8 Å². The van der Waals surface area contributed by atoms with Gasteiger partial charge in [-0.25, -0.2) is 22.4 Å². The molecule has 3 N–H and O–H groups in total. The summed E-state index contributed by atoms with van der Waals surface area (Å²) < 4.78 is 36.8. The number of hydrogen-bond acceptors (Lipinski definition) is 7. The zero-order valence-corrected chi connectivity index (χ0v) is 26.9. The van der Waals surface area contributed by atoms with Crippen LogP contribution in [0.3, 0.4) is 0 Å². The highest BCUT2D eigenvalue weighted by Gasteiger charge is 2.36. The topological polar surface area (TPSA) is 137 Å². The lowest BCUT2D eigenvalue weighted by atomic mass is 9.75. The van der Waals surface area contributed by atoms with Gasteiger partial charge >= 0.3 is 5.97 Å². The number of aromatic nitrogens is 2. The number of ether oxygens (including phenoxy) is 1. The van der Waals surface area contributed by atoms with Gasteiger partial charge < -0.3 is 15.9 Å². The summed E-state index contributed by atoms with van der Waals surface area (Å²) in [6, 6.07) is 12.7. The molecule has 0 spiro atoms. The Morgan fingerprint density at radius 2 is 1.81 bits per heavy atom. The molecule has 1 heterocycles. The van der Waals surface area contributed by atoms with Crippen LogP contribution in [0, 0.1) is 31.6 Å². The van der Waals surface area contributed by atoms with E-state index in [1.165, 1.54) is 28.9 Å². The Morgan fingerprint density at radius 3 is 2.40 bits per heavy atom. The first kappa shape index (κ1) is 31.6. The summed E-state index contributed by atoms with van der Waals surface area (Å²) in [4.78, 5) is 30.3. The largest absolute Gasteiger partial charge is 0.461 e. The summed E-state index contributed by atoms with van der Waals surface area (Å²) in [7, 11) is -4.28. The van der Waals surface area contributed by atoms with E-state index < -0.39 is 22.5 Å². The maximum Gasteiger partial charge on any atom is 0.327 e. The van der Waals surface area contributed by atoms with Crippen molar-refractivity contribution < 1.29 is 22.7 Å². The summed E-state index contributed by atoms with van der Waals surface area (Å²) in [5.74, 6) is 6.47. The van der Waals surface area contributed by atoms with Gasteiger partial charge in [-0.1, -0.05) is 39.3 Å². The summed E-state index contributed by atoms with van der Waals surface area (Å²) in [5, 5.41) is 2.77. The fourth-order valence-corrected chi connectivity index (χ4v) is 7.28. The normalized spacial score (nSPS) is 19.0. The van der Waals surface area contributed by atoms with Crippen LogP contribution in [-0.2, 0) is 19.6 Å². The molecule has 4 rings (SSSR count). The molecule has 1 amide bonds. The Bertz CT molecular complexity index is 1550. The van der Waals surface area contributed by atoms with Gasteiger partial charge in [0.2, 0.25) is 0 Å². The van der Waals surface area contributed by atoms with Crippen LogP contribution in [0.2, 0.25) is 0 Å². The van der Waals surface area contributed by atoms with Gasteiger partial charge in [0.1, 0.15) is 18.5 Å². The van der Waals surface area contributed by atoms with Gasteiger partial charge in [0.05, 0.1) is 16.2 Å². The molecule has 42 heavy (non-hydrogen) atoms. The minimum absolute atomic E-state index is 0.0516. The van der Waals surface area contributed by atoms with E-state index in [0.29, 0.717) is 39.1 Å². The van der Waals surface area contributed by atoms with E-state index in [2.05, 4.69) is 47.0 Å². The van der Waals surface area contributed by atoms with E-state index in [1.807, 2.05) is 0 Å². The maximum atomic E-state index is 14.0. The Labute approximate surface area is 255 Å². The fraction of sp³-hybridized carbons (Fsp3) is 0.433. The molecular weight excluding hydrogens is 622 g/mol. The number of nitrogens with zero attached hydrogens (tertiary/aromatic N) is 3. The number of nitrogens with one attached hydrogen (secondary N) is 1. The molecule has 2 aromatic carbocycles. The molecule has 3 aromatic rings. The summed E-state index contributed by atoms with van der Waals surface area (Å²) in [6.45, 7) is 9.10. The number of nitrogen functional groups attached to an aromatic ring is 1. The van der Waals surface area contributed by atoms with Crippen LogP contribution in [0.5, 0.6) is 0 Å². The fourth-order valence-electron chi connectivity index (χ4n) is 5.40. The average molecular weight is 661 g/mol. The average Bonchev–Trinajstić information content (AvgIpc) is 3.18. The van der Waals surface area contributed by atoms with E-state index in [9.17, 15) is 18.0 Å². The van der Waals surface area contributed by atoms with E-state index in [4.69, 9.17) is 10.6 Å². The highest BCUT2D eigenvalue weighted by atomic mass is 79.9. The summed E-state index contributed by atoms with van der Waals surface area (Å²) >= 11 is 3.36. The number of nitrogens with two attached hydrogens (primary N) is 1. The number of carbonyl (C=O) groups excluding carboxylic acids is 2. The van der Waals surface area contributed by atoms with E-state index in [0.717, 1.165) is 23.6 Å². The molecule has 226 valence electrons. The monoisotopic (exact) mass is 659 g/mol. The van der Waals surface area contributed by atoms with Gasteiger partial charge in [0.15, 0.2) is 5.82 Å². The molecular formula is C30H38BrN5O5S. The number of sulfonamides is 1. The van der Waals surface area contributed by atoms with E-state index in [1.54, 1.807) is 38.1 Å². The highest BCUT2D eigenvalue weighted by molar-refractivity contribution is 9.10. The molecule has 0 aliphatic heterocycles. The zero-order valence-electron chi connectivity index (χ0n) is 24.5. The Hall–Kier alpha value is -3.38. The van der Waals surface area contributed by atoms with Crippen molar-refractivity contribution in [3.63, 3.8) is 0 Å². The number of esters is 1. The van der Waals surface area contributed by atoms with Crippen molar-refractivity contribution in [3.05, 3.63) is 70.1 Å². The number of hydrogen-bond donors (Lipinski definition) is 2. The molecule has 12 heteroatoms. The van der Waals surface area contributed by atoms with Crippen molar-refractivity contribution in [2.45, 2.75) is 64.9 Å². The molecule has 1 saturated carbocycles. The lowest BCUT2D eigenvalue weighted by molar-refractivity contribution is -0.153. The number of halogens is 1. The van der Waals surface area contributed by atoms with Crippen LogP contribution in [0.15, 0.2) is 57.9 Å². The molecule has 0 saturated heterocycles. The second-order valence-electron chi connectivity index (χ2n) is 11.3. The van der Waals surface area contributed by atoms with Crippen LogP contribution in [-0.4, -0.2) is 42.6 Å². The van der Waals surface area contributed by atoms with Crippen molar-refractivity contribution in [3.8, 4) is 0 Å². The first-order valence-electron chi connectivity index (χ1n) is 14.0. The number of aryl methyl sites for hydroxylation is 1. The first-order chi connectivity index (χ1) is 19.8. The maximum absolute atomic E-state index is 14.0. The Balaban J connectivity index is 1.60. The van der Waals surface area contributed by atoms with Crippen LogP contribution >= 0.6 is 15.9 Å². The SMILES string of the molecule is Cc1nc(N(CC(=O)O[C@@H]2C[C@H](C)CC[C@@H]2C(C)C)S(=O)(=O)c2ccc(NC(=O)c3ccccc3Br)cc2)c(C)n1N. The third-order valence-corrected chi connectivity index (χ3v) is 10.3.